The Labute approximate surface area is 228 Å². The van der Waals surface area contributed by atoms with Crippen molar-refractivity contribution in [1.82, 2.24) is 0 Å². The predicted octanol–water partition coefficient (Wildman–Crippen LogP) is 7.20. The molecule has 6 rings (SSSR count). The molecule has 0 saturated heterocycles. The number of esters is 1. The Hall–Kier alpha value is -2.17. The molecule has 4 saturated carbocycles. The number of benzene rings is 2. The van der Waals surface area contributed by atoms with E-state index in [1.54, 1.807) is 0 Å². The molecule has 1 spiro atoms. The van der Waals surface area contributed by atoms with Crippen LogP contribution >= 0.6 is 0 Å². The molecule has 2 aromatic rings. The lowest BCUT2D eigenvalue weighted by molar-refractivity contribution is -0.224. The van der Waals surface area contributed by atoms with E-state index < -0.39 is 5.60 Å². The molecule has 8 atom stereocenters. The summed E-state index contributed by atoms with van der Waals surface area (Å²) < 4.78 is 13.0. The van der Waals surface area contributed by atoms with E-state index in [0.29, 0.717) is 30.6 Å². The van der Waals surface area contributed by atoms with Crippen molar-refractivity contribution in [3.63, 3.8) is 0 Å². The summed E-state index contributed by atoms with van der Waals surface area (Å²) in [6.07, 6.45) is 8.31. The van der Waals surface area contributed by atoms with Crippen molar-refractivity contribution < 1.29 is 19.4 Å². The van der Waals surface area contributed by atoms with Crippen LogP contribution in [0.25, 0.3) is 0 Å². The molecule has 0 radical (unpaired) electrons. The summed E-state index contributed by atoms with van der Waals surface area (Å²) in [5, 5.41) is 11.3. The van der Waals surface area contributed by atoms with Gasteiger partial charge in [-0.1, -0.05) is 68.8 Å². The van der Waals surface area contributed by atoms with Crippen LogP contribution in [0.5, 0.6) is 0 Å². The molecule has 4 aliphatic carbocycles. The fourth-order valence-electron chi connectivity index (χ4n) is 9.83. The largest absolute Gasteiger partial charge is 0.458 e. The Morgan fingerprint density at radius 3 is 2.34 bits per heavy atom. The number of carbonyl (C=O) groups is 1. The van der Waals surface area contributed by atoms with Crippen LogP contribution in [0.1, 0.15) is 88.1 Å². The third kappa shape index (κ3) is 4.14. The molecule has 38 heavy (non-hydrogen) atoms. The summed E-state index contributed by atoms with van der Waals surface area (Å²) in [7, 11) is 0. The number of hydrogen-bond acceptors (Lipinski definition) is 4. The lowest BCUT2D eigenvalue weighted by atomic mass is 9.39. The van der Waals surface area contributed by atoms with Crippen LogP contribution < -0.4 is 0 Å². The zero-order valence-corrected chi connectivity index (χ0v) is 23.3. The first-order valence-electron chi connectivity index (χ1n) is 14.8. The number of ether oxygens (including phenoxy) is 2. The van der Waals surface area contributed by atoms with E-state index >= 15 is 0 Å². The van der Waals surface area contributed by atoms with Crippen molar-refractivity contribution in [1.29, 1.82) is 0 Å². The van der Waals surface area contributed by atoms with Crippen molar-refractivity contribution in [2.75, 3.05) is 6.61 Å². The van der Waals surface area contributed by atoms with Gasteiger partial charge in [0.15, 0.2) is 0 Å². The molecule has 0 unspecified atom stereocenters. The Morgan fingerprint density at radius 1 is 0.895 bits per heavy atom. The van der Waals surface area contributed by atoms with Gasteiger partial charge in [0.1, 0.15) is 6.10 Å². The molecule has 2 aromatic carbocycles. The van der Waals surface area contributed by atoms with Crippen LogP contribution in [0, 0.1) is 34.0 Å². The molecule has 4 heteroatoms. The standard InChI is InChI=1S/C34H44O4/c1-31(23-37-22-24-11-6-4-7-12-24)15-10-16-32(2)29(31)28(38-30(35)25-13-8-5-9-14-25)20-26-19-27-21-34(26,32)18-17-33(27,3)36/h4-9,11-14,26-29,36H,10,15-23H2,1-3H3/t26-,27-,28-,29+,31+,32+,33+,34+/m0/s1. The van der Waals surface area contributed by atoms with Gasteiger partial charge in [0.25, 0.3) is 0 Å². The van der Waals surface area contributed by atoms with E-state index in [-0.39, 0.29) is 34.2 Å². The van der Waals surface area contributed by atoms with E-state index in [1.807, 2.05) is 36.4 Å². The second-order valence-electron chi connectivity index (χ2n) is 13.8. The molecule has 1 N–H and O–H groups in total. The van der Waals surface area contributed by atoms with Gasteiger partial charge in [-0.05, 0) is 97.6 Å². The third-order valence-corrected chi connectivity index (χ3v) is 11.6. The van der Waals surface area contributed by atoms with E-state index in [4.69, 9.17) is 9.47 Å². The number of aliphatic hydroxyl groups is 1. The van der Waals surface area contributed by atoms with Gasteiger partial charge in [-0.25, -0.2) is 4.79 Å². The van der Waals surface area contributed by atoms with Gasteiger partial charge in [-0.15, -0.1) is 0 Å². The summed E-state index contributed by atoms with van der Waals surface area (Å²) in [4.78, 5) is 13.4. The molecule has 0 aliphatic heterocycles. The zero-order chi connectivity index (χ0) is 26.6. The number of carbonyl (C=O) groups excluding carboxylic acids is 1. The number of rotatable bonds is 6. The number of hydrogen-bond donors (Lipinski definition) is 1. The van der Waals surface area contributed by atoms with Crippen molar-refractivity contribution in [2.45, 2.75) is 90.4 Å². The van der Waals surface area contributed by atoms with Gasteiger partial charge in [0.05, 0.1) is 24.4 Å². The first-order valence-corrected chi connectivity index (χ1v) is 14.8. The van der Waals surface area contributed by atoms with Crippen LogP contribution in [0.3, 0.4) is 0 Å². The minimum absolute atomic E-state index is 0.0475. The maximum atomic E-state index is 13.4. The van der Waals surface area contributed by atoms with Crippen LogP contribution in [0.4, 0.5) is 0 Å². The molecule has 4 aliphatic rings. The maximum Gasteiger partial charge on any atom is 0.338 e. The fraction of sp³-hybridized carbons (Fsp3) is 0.618. The highest BCUT2D eigenvalue weighted by Gasteiger charge is 2.71. The van der Waals surface area contributed by atoms with Crippen molar-refractivity contribution in [3.05, 3.63) is 71.8 Å². The molecule has 0 amide bonds. The SMILES string of the molecule is C[C@]1(COCc2ccccc2)CCC[C@]2(C)[C@@H]1[C@@H](OC(=O)c1ccccc1)C[C@@H]1C[C@H]3C[C@]12CC[C@@]3(C)O. The van der Waals surface area contributed by atoms with E-state index in [0.717, 1.165) is 44.9 Å². The second-order valence-corrected chi connectivity index (χ2v) is 13.8. The monoisotopic (exact) mass is 516 g/mol. The molecule has 0 heterocycles. The van der Waals surface area contributed by atoms with Gasteiger partial charge < -0.3 is 14.6 Å². The Morgan fingerprint density at radius 2 is 1.61 bits per heavy atom. The smallest absolute Gasteiger partial charge is 0.338 e. The van der Waals surface area contributed by atoms with Gasteiger partial charge in [0.2, 0.25) is 0 Å². The Bertz CT molecular complexity index is 1150. The van der Waals surface area contributed by atoms with Crippen molar-refractivity contribution in [2.24, 2.45) is 34.0 Å². The van der Waals surface area contributed by atoms with Crippen molar-refractivity contribution >= 4 is 5.97 Å². The van der Waals surface area contributed by atoms with Gasteiger partial charge in [-0.2, -0.15) is 0 Å². The third-order valence-electron chi connectivity index (χ3n) is 11.6. The number of fused-ring (bicyclic) bond motifs is 2. The Kier molecular flexibility index (Phi) is 6.51. The minimum Gasteiger partial charge on any atom is -0.458 e. The lowest BCUT2D eigenvalue weighted by Gasteiger charge is -2.67. The quantitative estimate of drug-likeness (QED) is 0.413. The summed E-state index contributed by atoms with van der Waals surface area (Å²) in [5.74, 6) is 0.846. The normalized spacial score (nSPS) is 41.7. The summed E-state index contributed by atoms with van der Waals surface area (Å²) in [6.45, 7) is 8.24. The first kappa shape index (κ1) is 26.1. The second kappa shape index (κ2) is 9.48. The average Bonchev–Trinajstić information content (AvgIpc) is 3.25. The fourth-order valence-corrected chi connectivity index (χ4v) is 9.83. The molecular formula is C34H44O4. The van der Waals surface area contributed by atoms with E-state index in [9.17, 15) is 9.90 Å². The minimum atomic E-state index is -0.582. The zero-order valence-electron chi connectivity index (χ0n) is 23.3. The van der Waals surface area contributed by atoms with E-state index in [1.165, 1.54) is 12.0 Å². The highest BCUT2D eigenvalue weighted by Crippen LogP contribution is 2.75. The molecule has 4 fully saturated rings. The highest BCUT2D eigenvalue weighted by atomic mass is 16.5. The van der Waals surface area contributed by atoms with Crippen LogP contribution in [-0.2, 0) is 16.1 Å². The van der Waals surface area contributed by atoms with Crippen LogP contribution in [-0.4, -0.2) is 29.4 Å². The lowest BCUT2D eigenvalue weighted by Crippen LogP contribution is -2.64. The topological polar surface area (TPSA) is 55.8 Å². The van der Waals surface area contributed by atoms with Crippen LogP contribution in [0.2, 0.25) is 0 Å². The summed E-state index contributed by atoms with van der Waals surface area (Å²) >= 11 is 0. The molecular weight excluding hydrogens is 472 g/mol. The average molecular weight is 517 g/mol. The van der Waals surface area contributed by atoms with Gasteiger partial charge in [-0.3, -0.25) is 0 Å². The maximum absolute atomic E-state index is 13.4. The molecule has 0 aromatic heterocycles. The van der Waals surface area contributed by atoms with Gasteiger partial charge in [0, 0.05) is 5.92 Å². The molecule has 204 valence electrons. The van der Waals surface area contributed by atoms with E-state index in [2.05, 4.69) is 45.0 Å². The summed E-state index contributed by atoms with van der Waals surface area (Å²) in [5.41, 5.74) is 1.41. The van der Waals surface area contributed by atoms with Gasteiger partial charge >= 0.3 is 5.97 Å². The Balaban J connectivity index is 1.34. The highest BCUT2D eigenvalue weighted by molar-refractivity contribution is 5.89. The first-order chi connectivity index (χ1) is 18.2. The molecule has 2 bridgehead atoms. The van der Waals surface area contributed by atoms with Crippen LogP contribution in [0.15, 0.2) is 60.7 Å². The molecule has 4 nitrogen and oxygen atoms in total. The summed E-state index contributed by atoms with van der Waals surface area (Å²) in [6, 6.07) is 19.9. The predicted molar refractivity (Wildman–Crippen MR) is 148 cm³/mol. The van der Waals surface area contributed by atoms with Crippen molar-refractivity contribution in [3.8, 4) is 0 Å².